The topological polar surface area (TPSA) is 29.3 Å². The molecule has 0 radical (unpaired) electrons. The minimum atomic E-state index is 0.534. The first kappa shape index (κ1) is 11.6. The van der Waals surface area contributed by atoms with Crippen LogP contribution >= 0.6 is 0 Å². The van der Waals surface area contributed by atoms with Gasteiger partial charge in [-0.1, -0.05) is 36.8 Å². The van der Waals surface area contributed by atoms with Gasteiger partial charge in [-0.25, -0.2) is 0 Å². The molecular formula is C14H22N2. The van der Waals surface area contributed by atoms with Crippen LogP contribution < -0.4 is 5.73 Å². The summed E-state index contributed by atoms with van der Waals surface area (Å²) in [5.74, 6) is 0. The number of hydrogen-bond donors (Lipinski definition) is 1. The predicted molar refractivity (Wildman–Crippen MR) is 68.3 cm³/mol. The fourth-order valence-electron chi connectivity index (χ4n) is 2.62. The Morgan fingerprint density at radius 2 is 1.75 bits per heavy atom. The number of nitrogens with two attached hydrogens (primary N) is 1. The van der Waals surface area contributed by atoms with Crippen molar-refractivity contribution in [3.8, 4) is 0 Å². The zero-order valence-corrected chi connectivity index (χ0v) is 9.94. The molecule has 0 spiro atoms. The lowest BCUT2D eigenvalue weighted by atomic mass is 9.99. The fourth-order valence-corrected chi connectivity index (χ4v) is 2.62. The molecule has 0 bridgehead atoms. The zero-order chi connectivity index (χ0) is 11.2. The van der Waals surface area contributed by atoms with Crippen molar-refractivity contribution in [3.05, 3.63) is 35.9 Å². The summed E-state index contributed by atoms with van der Waals surface area (Å²) in [6, 6.07) is 11.3. The van der Waals surface area contributed by atoms with Crippen molar-refractivity contribution in [2.45, 2.75) is 31.7 Å². The van der Waals surface area contributed by atoms with E-state index in [0.29, 0.717) is 6.04 Å². The van der Waals surface area contributed by atoms with Gasteiger partial charge >= 0.3 is 0 Å². The van der Waals surface area contributed by atoms with Crippen LogP contribution in [0.25, 0.3) is 0 Å². The van der Waals surface area contributed by atoms with Gasteiger partial charge in [-0.05, 0) is 44.5 Å². The van der Waals surface area contributed by atoms with Crippen LogP contribution in [0.4, 0.5) is 0 Å². The second-order valence-corrected chi connectivity index (χ2v) is 4.60. The van der Waals surface area contributed by atoms with Crippen molar-refractivity contribution in [1.82, 2.24) is 4.90 Å². The third kappa shape index (κ3) is 2.83. The van der Waals surface area contributed by atoms with Crippen LogP contribution in [0.3, 0.4) is 0 Å². The smallest absolute Gasteiger partial charge is 0.0360 e. The van der Waals surface area contributed by atoms with Gasteiger partial charge in [0.1, 0.15) is 0 Å². The highest BCUT2D eigenvalue weighted by Crippen LogP contribution is 2.26. The maximum absolute atomic E-state index is 5.75. The second kappa shape index (κ2) is 6.02. The summed E-state index contributed by atoms with van der Waals surface area (Å²) in [4.78, 5) is 2.60. The molecule has 0 amide bonds. The molecular weight excluding hydrogens is 196 g/mol. The van der Waals surface area contributed by atoms with Crippen LogP contribution in [-0.4, -0.2) is 24.5 Å². The Morgan fingerprint density at radius 3 is 2.38 bits per heavy atom. The number of nitrogens with zero attached hydrogens (tertiary/aromatic N) is 1. The lowest BCUT2D eigenvalue weighted by Gasteiger charge is -2.34. The van der Waals surface area contributed by atoms with Crippen molar-refractivity contribution in [2.75, 3.05) is 19.6 Å². The van der Waals surface area contributed by atoms with Crippen LogP contribution in [0.1, 0.15) is 37.3 Å². The molecule has 0 aliphatic carbocycles. The van der Waals surface area contributed by atoms with Crippen LogP contribution in [0.15, 0.2) is 30.3 Å². The Kier molecular flexibility index (Phi) is 4.37. The molecule has 2 heteroatoms. The molecule has 0 aromatic heterocycles. The first-order valence-electron chi connectivity index (χ1n) is 6.41. The molecule has 1 saturated heterocycles. The van der Waals surface area contributed by atoms with Crippen LogP contribution in [0.2, 0.25) is 0 Å². The zero-order valence-electron chi connectivity index (χ0n) is 9.94. The van der Waals surface area contributed by atoms with Gasteiger partial charge in [0.25, 0.3) is 0 Å². The van der Waals surface area contributed by atoms with Gasteiger partial charge < -0.3 is 5.73 Å². The van der Waals surface area contributed by atoms with Gasteiger partial charge in [-0.15, -0.1) is 0 Å². The quantitative estimate of drug-likeness (QED) is 0.841. The second-order valence-electron chi connectivity index (χ2n) is 4.60. The molecule has 2 rings (SSSR count). The molecule has 1 atom stereocenters. The van der Waals surface area contributed by atoms with Gasteiger partial charge in [0, 0.05) is 6.04 Å². The monoisotopic (exact) mass is 218 g/mol. The average molecular weight is 218 g/mol. The van der Waals surface area contributed by atoms with E-state index < -0.39 is 0 Å². The minimum absolute atomic E-state index is 0.534. The third-order valence-corrected chi connectivity index (χ3v) is 3.46. The Hall–Kier alpha value is -0.860. The number of benzene rings is 1. The molecule has 1 aromatic rings. The molecule has 1 heterocycles. The fraction of sp³-hybridized carbons (Fsp3) is 0.571. The molecule has 2 N–H and O–H groups in total. The van der Waals surface area contributed by atoms with E-state index in [9.17, 15) is 0 Å². The van der Waals surface area contributed by atoms with Gasteiger partial charge in [0.15, 0.2) is 0 Å². The Bertz CT molecular complexity index is 291. The Balaban J connectivity index is 2.09. The summed E-state index contributed by atoms with van der Waals surface area (Å²) in [5.41, 5.74) is 7.17. The van der Waals surface area contributed by atoms with E-state index >= 15 is 0 Å². The first-order valence-corrected chi connectivity index (χ1v) is 6.41. The standard InChI is InChI=1S/C14H22N2/c15-10-9-14(13-7-3-1-4-8-13)16-11-5-2-6-12-16/h1,3-4,7-8,14H,2,5-6,9-12,15H2. The summed E-state index contributed by atoms with van der Waals surface area (Å²) in [5, 5.41) is 0. The lowest BCUT2D eigenvalue weighted by molar-refractivity contribution is 0.157. The van der Waals surface area contributed by atoms with E-state index in [1.165, 1.54) is 37.9 Å². The third-order valence-electron chi connectivity index (χ3n) is 3.46. The molecule has 88 valence electrons. The van der Waals surface area contributed by atoms with Gasteiger partial charge in [-0.3, -0.25) is 4.90 Å². The van der Waals surface area contributed by atoms with Gasteiger partial charge in [-0.2, -0.15) is 0 Å². The van der Waals surface area contributed by atoms with Crippen molar-refractivity contribution >= 4 is 0 Å². The first-order chi connectivity index (χ1) is 7.92. The van der Waals surface area contributed by atoms with Gasteiger partial charge in [0.2, 0.25) is 0 Å². The molecule has 16 heavy (non-hydrogen) atoms. The van der Waals surface area contributed by atoms with Crippen LogP contribution in [0, 0.1) is 0 Å². The van der Waals surface area contributed by atoms with E-state index in [-0.39, 0.29) is 0 Å². The number of rotatable bonds is 4. The Morgan fingerprint density at radius 1 is 1.06 bits per heavy atom. The predicted octanol–water partition coefficient (Wildman–Crippen LogP) is 2.56. The largest absolute Gasteiger partial charge is 0.330 e. The maximum Gasteiger partial charge on any atom is 0.0360 e. The van der Waals surface area contributed by atoms with Crippen LogP contribution in [-0.2, 0) is 0 Å². The summed E-state index contributed by atoms with van der Waals surface area (Å²) in [6.45, 7) is 3.25. The van der Waals surface area contributed by atoms with Crippen molar-refractivity contribution < 1.29 is 0 Å². The molecule has 1 fully saturated rings. The normalized spacial score (nSPS) is 19.6. The molecule has 0 saturated carbocycles. The molecule has 2 nitrogen and oxygen atoms in total. The summed E-state index contributed by atoms with van der Waals surface area (Å²) < 4.78 is 0. The average Bonchev–Trinajstić information content (AvgIpc) is 2.38. The highest BCUT2D eigenvalue weighted by atomic mass is 15.2. The van der Waals surface area contributed by atoms with Crippen LogP contribution in [0.5, 0.6) is 0 Å². The highest BCUT2D eigenvalue weighted by Gasteiger charge is 2.20. The van der Waals surface area contributed by atoms with Crippen molar-refractivity contribution in [1.29, 1.82) is 0 Å². The number of piperidine rings is 1. The van der Waals surface area contributed by atoms with Crippen molar-refractivity contribution in [2.24, 2.45) is 5.73 Å². The minimum Gasteiger partial charge on any atom is -0.330 e. The molecule has 1 aliphatic heterocycles. The summed E-state index contributed by atoms with van der Waals surface area (Å²) in [6.07, 6.45) is 5.15. The van der Waals surface area contributed by atoms with Crippen molar-refractivity contribution in [3.63, 3.8) is 0 Å². The number of hydrogen-bond acceptors (Lipinski definition) is 2. The van der Waals surface area contributed by atoms with E-state index in [1.54, 1.807) is 0 Å². The lowest BCUT2D eigenvalue weighted by Crippen LogP contribution is -2.34. The number of likely N-dealkylation sites (tertiary alicyclic amines) is 1. The maximum atomic E-state index is 5.75. The molecule has 1 unspecified atom stereocenters. The van der Waals surface area contributed by atoms with Gasteiger partial charge in [0.05, 0.1) is 0 Å². The SMILES string of the molecule is NCCC(c1ccccc1)N1CCCCC1. The molecule has 1 aliphatic rings. The van der Waals surface area contributed by atoms with E-state index in [1.807, 2.05) is 0 Å². The summed E-state index contributed by atoms with van der Waals surface area (Å²) >= 11 is 0. The van der Waals surface area contributed by atoms with E-state index in [2.05, 4.69) is 35.2 Å². The molecule has 1 aromatic carbocycles. The van der Waals surface area contributed by atoms with E-state index in [0.717, 1.165) is 13.0 Å². The summed E-state index contributed by atoms with van der Waals surface area (Å²) in [7, 11) is 0. The van der Waals surface area contributed by atoms with E-state index in [4.69, 9.17) is 5.73 Å². The Labute approximate surface area is 98.4 Å². The highest BCUT2D eigenvalue weighted by molar-refractivity contribution is 5.19.